The molecule has 0 amide bonds. The monoisotopic (exact) mass is 211 g/mol. The molecule has 1 aliphatic carbocycles. The zero-order chi connectivity index (χ0) is 10.5. The van der Waals surface area contributed by atoms with Crippen molar-refractivity contribution < 1.29 is 9.47 Å². The second kappa shape index (κ2) is 3.44. The molecule has 0 unspecified atom stereocenters. The average molecular weight is 211 g/mol. The second-order valence-corrected chi connectivity index (χ2v) is 5.89. The number of hydrogen-bond acceptors (Lipinski definition) is 3. The van der Waals surface area contributed by atoms with Crippen molar-refractivity contribution in [1.82, 2.24) is 4.90 Å². The number of hydrogen-bond donors (Lipinski definition) is 0. The van der Waals surface area contributed by atoms with Crippen molar-refractivity contribution in [2.75, 3.05) is 26.3 Å². The van der Waals surface area contributed by atoms with Crippen LogP contribution in [-0.4, -0.2) is 49.0 Å². The third kappa shape index (κ3) is 2.05. The van der Waals surface area contributed by atoms with E-state index in [0.29, 0.717) is 12.1 Å². The summed E-state index contributed by atoms with van der Waals surface area (Å²) >= 11 is 0. The quantitative estimate of drug-likeness (QED) is 0.686. The van der Waals surface area contributed by atoms with E-state index < -0.39 is 0 Å². The first kappa shape index (κ1) is 10.1. The Morgan fingerprint density at radius 1 is 1.27 bits per heavy atom. The van der Waals surface area contributed by atoms with Crippen LogP contribution in [0, 0.1) is 5.92 Å². The van der Waals surface area contributed by atoms with Gasteiger partial charge in [-0.25, -0.2) is 0 Å². The van der Waals surface area contributed by atoms with Crippen molar-refractivity contribution in [1.29, 1.82) is 0 Å². The van der Waals surface area contributed by atoms with E-state index in [0.717, 1.165) is 25.7 Å². The zero-order valence-electron chi connectivity index (χ0n) is 9.74. The molecule has 3 aliphatic rings. The van der Waals surface area contributed by atoms with Gasteiger partial charge in [0.1, 0.15) is 0 Å². The molecule has 0 spiro atoms. The minimum Gasteiger partial charge on any atom is -0.377 e. The maximum atomic E-state index is 6.06. The summed E-state index contributed by atoms with van der Waals surface area (Å²) in [6.07, 6.45) is 3.17. The first-order chi connectivity index (χ1) is 7.14. The Morgan fingerprint density at radius 2 is 2.07 bits per heavy atom. The van der Waals surface area contributed by atoms with Crippen LogP contribution in [-0.2, 0) is 9.47 Å². The molecule has 86 valence electrons. The summed E-state index contributed by atoms with van der Waals surface area (Å²) in [7, 11) is 0. The lowest BCUT2D eigenvalue weighted by Crippen LogP contribution is -2.58. The van der Waals surface area contributed by atoms with Gasteiger partial charge in [-0.1, -0.05) is 0 Å². The molecule has 3 rings (SSSR count). The van der Waals surface area contributed by atoms with Crippen LogP contribution in [0.5, 0.6) is 0 Å². The fraction of sp³-hybridized carbons (Fsp3) is 1.00. The van der Waals surface area contributed by atoms with E-state index in [1.54, 1.807) is 0 Å². The Bertz CT molecular complexity index is 250. The maximum absolute atomic E-state index is 6.06. The number of morpholine rings is 1. The third-order valence-electron chi connectivity index (χ3n) is 3.71. The first-order valence-electron chi connectivity index (χ1n) is 6.14. The molecule has 2 heterocycles. The molecule has 3 heteroatoms. The van der Waals surface area contributed by atoms with Crippen LogP contribution >= 0.6 is 0 Å². The highest BCUT2D eigenvalue weighted by Gasteiger charge is 2.45. The van der Waals surface area contributed by atoms with Gasteiger partial charge in [0.2, 0.25) is 0 Å². The minimum absolute atomic E-state index is 0.00373. The topological polar surface area (TPSA) is 21.7 Å². The molecule has 0 bridgehead atoms. The highest BCUT2D eigenvalue weighted by molar-refractivity contribution is 4.96. The molecule has 0 aromatic rings. The average Bonchev–Trinajstić information content (AvgIpc) is 2.81. The van der Waals surface area contributed by atoms with Gasteiger partial charge in [-0.05, 0) is 32.6 Å². The van der Waals surface area contributed by atoms with Gasteiger partial charge in [-0.2, -0.15) is 0 Å². The van der Waals surface area contributed by atoms with Gasteiger partial charge in [0.25, 0.3) is 0 Å². The highest BCUT2D eigenvalue weighted by atomic mass is 16.6. The summed E-state index contributed by atoms with van der Waals surface area (Å²) in [5.74, 6) is 0.958. The summed E-state index contributed by atoms with van der Waals surface area (Å²) in [6.45, 7) is 8.37. The lowest BCUT2D eigenvalue weighted by molar-refractivity contribution is -0.149. The first-order valence-corrected chi connectivity index (χ1v) is 6.14. The molecule has 0 radical (unpaired) electrons. The summed E-state index contributed by atoms with van der Waals surface area (Å²) in [5, 5.41) is 0. The van der Waals surface area contributed by atoms with Crippen molar-refractivity contribution in [2.24, 2.45) is 5.92 Å². The van der Waals surface area contributed by atoms with Gasteiger partial charge in [0.05, 0.1) is 31.0 Å². The van der Waals surface area contributed by atoms with Crippen molar-refractivity contribution in [3.05, 3.63) is 0 Å². The molecule has 1 saturated carbocycles. The Hall–Kier alpha value is -0.120. The Labute approximate surface area is 91.7 Å². The van der Waals surface area contributed by atoms with E-state index in [2.05, 4.69) is 18.7 Å². The Kier molecular flexibility index (Phi) is 2.31. The number of ether oxygens (including phenoxy) is 2. The predicted octanol–water partition coefficient (Wildman–Crippen LogP) is 1.27. The fourth-order valence-corrected chi connectivity index (χ4v) is 2.86. The number of rotatable bonds is 2. The largest absolute Gasteiger partial charge is 0.377 e. The Morgan fingerprint density at radius 3 is 2.80 bits per heavy atom. The molecule has 2 atom stereocenters. The molecule has 2 saturated heterocycles. The minimum atomic E-state index is 0.00373. The van der Waals surface area contributed by atoms with E-state index in [-0.39, 0.29) is 5.60 Å². The van der Waals surface area contributed by atoms with Crippen molar-refractivity contribution in [2.45, 2.75) is 44.4 Å². The van der Waals surface area contributed by atoms with Crippen LogP contribution in [0.2, 0.25) is 0 Å². The molecule has 2 aliphatic heterocycles. The molecule has 0 aromatic heterocycles. The van der Waals surface area contributed by atoms with Crippen LogP contribution < -0.4 is 0 Å². The molecule has 15 heavy (non-hydrogen) atoms. The van der Waals surface area contributed by atoms with Crippen LogP contribution in [0.15, 0.2) is 0 Å². The molecule has 0 aromatic carbocycles. The highest BCUT2D eigenvalue weighted by Crippen LogP contribution is 2.35. The standard InChI is InChI=1S/C12H21NO2/c1-12(2)8-13(5-9-3-4-9)10-6-14-7-11(10)15-12/h9-11H,3-8H2,1-2H3/t10-,11-/m1/s1. The van der Waals surface area contributed by atoms with E-state index in [1.165, 1.54) is 19.4 Å². The van der Waals surface area contributed by atoms with Gasteiger partial charge < -0.3 is 9.47 Å². The van der Waals surface area contributed by atoms with Gasteiger partial charge in [-0.3, -0.25) is 4.90 Å². The van der Waals surface area contributed by atoms with Crippen molar-refractivity contribution in [3.8, 4) is 0 Å². The van der Waals surface area contributed by atoms with Crippen molar-refractivity contribution in [3.63, 3.8) is 0 Å². The molecular formula is C12H21NO2. The van der Waals surface area contributed by atoms with Crippen LogP contribution in [0.4, 0.5) is 0 Å². The molecule has 3 nitrogen and oxygen atoms in total. The summed E-state index contributed by atoms with van der Waals surface area (Å²) in [6, 6.07) is 0.527. The summed E-state index contributed by atoms with van der Waals surface area (Å²) < 4.78 is 11.6. The van der Waals surface area contributed by atoms with Gasteiger partial charge in [0.15, 0.2) is 0 Å². The summed E-state index contributed by atoms with van der Waals surface area (Å²) in [4.78, 5) is 2.61. The van der Waals surface area contributed by atoms with Gasteiger partial charge >= 0.3 is 0 Å². The van der Waals surface area contributed by atoms with E-state index in [9.17, 15) is 0 Å². The zero-order valence-corrected chi connectivity index (χ0v) is 9.74. The molecular weight excluding hydrogens is 190 g/mol. The lowest BCUT2D eigenvalue weighted by atomic mass is 10.0. The number of nitrogens with zero attached hydrogens (tertiary/aromatic N) is 1. The van der Waals surface area contributed by atoms with Gasteiger partial charge in [0, 0.05) is 13.1 Å². The number of fused-ring (bicyclic) bond motifs is 1. The van der Waals surface area contributed by atoms with E-state index in [4.69, 9.17) is 9.47 Å². The second-order valence-electron chi connectivity index (χ2n) is 5.89. The summed E-state index contributed by atoms with van der Waals surface area (Å²) in [5.41, 5.74) is 0.00373. The smallest absolute Gasteiger partial charge is 0.0993 e. The SMILES string of the molecule is CC1(C)CN(CC2CC2)[C@@H]2COC[C@H]2O1. The maximum Gasteiger partial charge on any atom is 0.0993 e. The third-order valence-corrected chi connectivity index (χ3v) is 3.71. The normalized spacial score (nSPS) is 40.4. The van der Waals surface area contributed by atoms with Gasteiger partial charge in [-0.15, -0.1) is 0 Å². The predicted molar refractivity (Wildman–Crippen MR) is 57.9 cm³/mol. The van der Waals surface area contributed by atoms with Crippen LogP contribution in [0.25, 0.3) is 0 Å². The Balaban J connectivity index is 1.71. The van der Waals surface area contributed by atoms with Crippen molar-refractivity contribution >= 4 is 0 Å². The van der Waals surface area contributed by atoms with E-state index in [1.807, 2.05) is 0 Å². The molecule has 3 fully saturated rings. The fourth-order valence-electron chi connectivity index (χ4n) is 2.86. The molecule has 0 N–H and O–H groups in total. The van der Waals surface area contributed by atoms with Crippen LogP contribution in [0.1, 0.15) is 26.7 Å². The van der Waals surface area contributed by atoms with Crippen LogP contribution in [0.3, 0.4) is 0 Å². The van der Waals surface area contributed by atoms with E-state index >= 15 is 0 Å². The lowest BCUT2D eigenvalue weighted by Gasteiger charge is -2.45.